The first-order valence-electron chi connectivity index (χ1n) is 12.5. The molecule has 0 saturated heterocycles. The minimum absolute atomic E-state index is 0.0227. The maximum Gasteiger partial charge on any atom is 0.247 e. The highest BCUT2D eigenvalue weighted by Gasteiger charge is 2.50. The van der Waals surface area contributed by atoms with Crippen LogP contribution in [0.15, 0.2) is 54.1 Å². The van der Waals surface area contributed by atoms with Gasteiger partial charge in [-0.05, 0) is 43.2 Å². The Morgan fingerprint density at radius 1 is 1.11 bits per heavy atom. The summed E-state index contributed by atoms with van der Waals surface area (Å²) < 4.78 is 6.12. The monoisotopic (exact) mass is 560 g/mol. The van der Waals surface area contributed by atoms with Crippen LogP contribution in [0.5, 0.6) is 5.75 Å². The van der Waals surface area contributed by atoms with E-state index in [9.17, 15) is 24.6 Å². The number of Topliss-reactive ketones (excluding diaryl/α,β-unsaturated/α-hetero) is 1. The van der Waals surface area contributed by atoms with Crippen LogP contribution >= 0.6 is 23.2 Å². The van der Waals surface area contributed by atoms with Crippen molar-refractivity contribution in [2.24, 2.45) is 0 Å². The van der Waals surface area contributed by atoms with E-state index in [-0.39, 0.29) is 44.2 Å². The SMILES string of the molecule is CC(=O)CCCC(=O)N(Cc1ccc(Cl)cc1Cl)C1C=C(C(=O)NCCO)C2c3ccccc3OC2C1O. The van der Waals surface area contributed by atoms with Gasteiger partial charge in [0.1, 0.15) is 23.7 Å². The van der Waals surface area contributed by atoms with Crippen molar-refractivity contribution >= 4 is 40.8 Å². The topological polar surface area (TPSA) is 116 Å². The molecule has 0 spiro atoms. The summed E-state index contributed by atoms with van der Waals surface area (Å²) >= 11 is 12.5. The lowest BCUT2D eigenvalue weighted by molar-refractivity contribution is -0.138. The van der Waals surface area contributed by atoms with E-state index in [0.29, 0.717) is 33.4 Å². The number of ketones is 1. The number of carbonyl (C=O) groups is 3. The standard InChI is InChI=1S/C28H30Cl2N2O6/c1-16(34)5-4-8-24(35)32(15-17-9-10-18(29)13-21(17)30)22-14-20(28(37)31-11-12-33)25-19-6-2-3-7-23(19)38-27(25)26(22)36/h2-3,6-7,9-10,13-14,22,25-27,33,36H,4-5,8,11-12,15H2,1H3,(H,31,37). The quantitative estimate of drug-likeness (QED) is 0.410. The van der Waals surface area contributed by atoms with Gasteiger partial charge in [0.25, 0.3) is 0 Å². The largest absolute Gasteiger partial charge is 0.486 e. The van der Waals surface area contributed by atoms with Crippen molar-refractivity contribution in [1.82, 2.24) is 10.2 Å². The number of carbonyl (C=O) groups excluding carboxylic acids is 3. The predicted molar refractivity (Wildman–Crippen MR) is 143 cm³/mol. The van der Waals surface area contributed by atoms with Crippen LogP contribution in [0.1, 0.15) is 43.2 Å². The van der Waals surface area contributed by atoms with E-state index in [1.165, 1.54) is 11.8 Å². The molecule has 4 unspecified atom stereocenters. The number of aliphatic hydroxyl groups excluding tert-OH is 2. The molecule has 4 atom stereocenters. The van der Waals surface area contributed by atoms with Crippen LogP contribution in [-0.2, 0) is 20.9 Å². The molecule has 1 heterocycles. The molecule has 2 aliphatic rings. The van der Waals surface area contributed by atoms with Gasteiger partial charge in [-0.1, -0.05) is 47.5 Å². The van der Waals surface area contributed by atoms with Crippen LogP contribution in [0, 0.1) is 0 Å². The second-order valence-electron chi connectivity index (χ2n) is 9.49. The molecule has 2 aromatic rings. The summed E-state index contributed by atoms with van der Waals surface area (Å²) in [5.41, 5.74) is 1.72. The molecule has 0 fully saturated rings. The fourth-order valence-electron chi connectivity index (χ4n) is 5.02. The Bertz CT molecular complexity index is 1250. The van der Waals surface area contributed by atoms with Crippen molar-refractivity contribution < 1.29 is 29.3 Å². The van der Waals surface area contributed by atoms with E-state index in [1.807, 2.05) is 18.2 Å². The predicted octanol–water partition coefficient (Wildman–Crippen LogP) is 3.40. The van der Waals surface area contributed by atoms with Crippen LogP contribution in [0.4, 0.5) is 0 Å². The van der Waals surface area contributed by atoms with Gasteiger partial charge in [0.2, 0.25) is 11.8 Å². The summed E-state index contributed by atoms with van der Waals surface area (Å²) in [6.45, 7) is 1.33. The Hall–Kier alpha value is -2.91. The highest BCUT2D eigenvalue weighted by molar-refractivity contribution is 6.35. The van der Waals surface area contributed by atoms with E-state index >= 15 is 0 Å². The number of aliphatic hydroxyl groups is 2. The molecule has 10 heteroatoms. The summed E-state index contributed by atoms with van der Waals surface area (Å²) in [7, 11) is 0. The first-order valence-corrected chi connectivity index (χ1v) is 13.2. The number of nitrogens with one attached hydrogen (secondary N) is 1. The van der Waals surface area contributed by atoms with Crippen molar-refractivity contribution in [2.75, 3.05) is 13.2 Å². The molecule has 3 N–H and O–H groups in total. The summed E-state index contributed by atoms with van der Waals surface area (Å²) in [6.07, 6.45) is 0.306. The average molecular weight is 561 g/mol. The molecule has 0 aromatic heterocycles. The van der Waals surface area contributed by atoms with E-state index < -0.39 is 30.1 Å². The lowest BCUT2D eigenvalue weighted by Gasteiger charge is -2.41. The fraction of sp³-hybridized carbons (Fsp3) is 0.393. The van der Waals surface area contributed by atoms with E-state index in [4.69, 9.17) is 27.9 Å². The van der Waals surface area contributed by atoms with Crippen LogP contribution in [0.2, 0.25) is 10.0 Å². The van der Waals surface area contributed by atoms with Gasteiger partial charge in [-0.2, -0.15) is 0 Å². The number of rotatable bonds is 10. The maximum absolute atomic E-state index is 13.5. The smallest absolute Gasteiger partial charge is 0.247 e. The zero-order valence-electron chi connectivity index (χ0n) is 20.9. The van der Waals surface area contributed by atoms with Gasteiger partial charge in [-0.3, -0.25) is 9.59 Å². The minimum Gasteiger partial charge on any atom is -0.486 e. The van der Waals surface area contributed by atoms with Crippen molar-refractivity contribution in [3.63, 3.8) is 0 Å². The lowest BCUT2D eigenvalue weighted by Crippen LogP contribution is -2.55. The third kappa shape index (κ3) is 6.04. The van der Waals surface area contributed by atoms with Gasteiger partial charge in [-0.25, -0.2) is 0 Å². The Kier molecular flexibility index (Phi) is 9.10. The molecule has 1 aliphatic carbocycles. The van der Waals surface area contributed by atoms with Crippen LogP contribution < -0.4 is 10.1 Å². The number of hydrogen-bond donors (Lipinski definition) is 3. The average Bonchev–Trinajstić information content (AvgIpc) is 3.27. The maximum atomic E-state index is 13.5. The van der Waals surface area contributed by atoms with Crippen LogP contribution in [-0.4, -0.2) is 64.1 Å². The Morgan fingerprint density at radius 2 is 1.87 bits per heavy atom. The molecule has 202 valence electrons. The number of hydrogen-bond acceptors (Lipinski definition) is 6. The van der Waals surface area contributed by atoms with E-state index in [2.05, 4.69) is 5.32 Å². The number of fused-ring (bicyclic) bond motifs is 3. The van der Waals surface area contributed by atoms with Crippen LogP contribution in [0.3, 0.4) is 0 Å². The number of nitrogens with zero attached hydrogens (tertiary/aromatic N) is 1. The highest BCUT2D eigenvalue weighted by atomic mass is 35.5. The summed E-state index contributed by atoms with van der Waals surface area (Å²) in [6, 6.07) is 11.3. The second-order valence-corrected chi connectivity index (χ2v) is 10.3. The molecule has 1 aliphatic heterocycles. The summed E-state index contributed by atoms with van der Waals surface area (Å²) in [4.78, 5) is 39.7. The van der Waals surface area contributed by atoms with Gasteiger partial charge in [-0.15, -0.1) is 0 Å². The molecule has 0 bridgehead atoms. The van der Waals surface area contributed by atoms with Gasteiger partial charge < -0.3 is 30.0 Å². The highest BCUT2D eigenvalue weighted by Crippen LogP contribution is 2.47. The molecule has 2 aromatic carbocycles. The van der Waals surface area contributed by atoms with Gasteiger partial charge in [0.05, 0.1) is 18.6 Å². The fourth-order valence-corrected chi connectivity index (χ4v) is 5.48. The Labute approximate surface area is 231 Å². The molecule has 2 amide bonds. The lowest BCUT2D eigenvalue weighted by atomic mass is 9.77. The summed E-state index contributed by atoms with van der Waals surface area (Å²) in [5.74, 6) is -0.736. The first-order chi connectivity index (χ1) is 18.2. The van der Waals surface area contributed by atoms with Gasteiger partial charge in [0, 0.05) is 47.1 Å². The molecule has 4 rings (SSSR count). The molecule has 8 nitrogen and oxygen atoms in total. The van der Waals surface area contributed by atoms with Gasteiger partial charge >= 0.3 is 0 Å². The number of amides is 2. The Balaban J connectivity index is 1.74. The second kappa shape index (κ2) is 12.3. The summed E-state index contributed by atoms with van der Waals surface area (Å²) in [5, 5.41) is 24.3. The van der Waals surface area contributed by atoms with Crippen molar-refractivity contribution in [3.05, 3.63) is 75.3 Å². The number of ether oxygens (including phenoxy) is 1. The van der Waals surface area contributed by atoms with E-state index in [1.54, 1.807) is 30.3 Å². The zero-order chi connectivity index (χ0) is 27.4. The van der Waals surface area contributed by atoms with Crippen molar-refractivity contribution in [2.45, 2.75) is 56.9 Å². The first kappa shape index (κ1) is 28.1. The van der Waals surface area contributed by atoms with Crippen LogP contribution in [0.25, 0.3) is 0 Å². The number of para-hydroxylation sites is 1. The number of benzene rings is 2. The van der Waals surface area contributed by atoms with Crippen molar-refractivity contribution in [3.8, 4) is 5.75 Å². The van der Waals surface area contributed by atoms with Crippen molar-refractivity contribution in [1.29, 1.82) is 0 Å². The molecular formula is C28H30Cl2N2O6. The molecule has 0 radical (unpaired) electrons. The molecule has 0 saturated carbocycles. The minimum atomic E-state index is -1.16. The van der Waals surface area contributed by atoms with E-state index in [0.717, 1.165) is 5.56 Å². The third-order valence-corrected chi connectivity index (χ3v) is 7.42. The van der Waals surface area contributed by atoms with Gasteiger partial charge in [0.15, 0.2) is 0 Å². The normalized spacial score (nSPS) is 21.6. The molecular weight excluding hydrogens is 531 g/mol. The number of halogens is 2. The third-order valence-electron chi connectivity index (χ3n) is 6.83. The molecule has 38 heavy (non-hydrogen) atoms. The zero-order valence-corrected chi connectivity index (χ0v) is 22.4. The Morgan fingerprint density at radius 3 is 2.58 bits per heavy atom.